The van der Waals surface area contributed by atoms with E-state index >= 15 is 0 Å². The van der Waals surface area contributed by atoms with Gasteiger partial charge in [0.05, 0.1) is 5.69 Å². The van der Waals surface area contributed by atoms with Gasteiger partial charge in [-0.2, -0.15) is 10.4 Å². The average Bonchev–Trinajstić information content (AvgIpc) is 2.37. The fourth-order valence-corrected chi connectivity index (χ4v) is 2.93. The van der Waals surface area contributed by atoms with Crippen LogP contribution in [0.1, 0.15) is 44.0 Å². The van der Waals surface area contributed by atoms with Crippen LogP contribution in [0.3, 0.4) is 0 Å². The monoisotopic (exact) mass is 258 g/mol. The van der Waals surface area contributed by atoms with Crippen molar-refractivity contribution in [2.45, 2.75) is 47.1 Å². The minimum atomic E-state index is 0.403. The number of hydrogen-bond donors (Lipinski definition) is 0. The maximum absolute atomic E-state index is 9.43. The lowest BCUT2D eigenvalue weighted by atomic mass is 9.85. The first-order chi connectivity index (χ1) is 8.95. The number of rotatable bonds is 1. The molecule has 102 valence electrons. The molecular formula is C15H22N4. The number of piperidine rings is 1. The van der Waals surface area contributed by atoms with E-state index in [-0.39, 0.29) is 0 Å². The van der Waals surface area contributed by atoms with Crippen molar-refractivity contribution in [2.24, 2.45) is 11.8 Å². The molecule has 0 aromatic carbocycles. The van der Waals surface area contributed by atoms with Gasteiger partial charge in [-0.05, 0) is 44.6 Å². The molecule has 0 amide bonds. The molecule has 4 nitrogen and oxygen atoms in total. The molecule has 19 heavy (non-hydrogen) atoms. The van der Waals surface area contributed by atoms with Crippen molar-refractivity contribution >= 4 is 5.82 Å². The molecule has 1 aromatic rings. The fourth-order valence-electron chi connectivity index (χ4n) is 2.93. The van der Waals surface area contributed by atoms with Crippen LogP contribution in [0.15, 0.2) is 0 Å². The van der Waals surface area contributed by atoms with Gasteiger partial charge in [0.2, 0.25) is 0 Å². The molecule has 1 fully saturated rings. The zero-order valence-corrected chi connectivity index (χ0v) is 12.4. The Hall–Kier alpha value is -1.63. The Labute approximate surface area is 115 Å². The van der Waals surface area contributed by atoms with E-state index in [1.807, 2.05) is 13.8 Å². The highest BCUT2D eigenvalue weighted by Crippen LogP contribution is 2.32. The van der Waals surface area contributed by atoms with E-state index in [0.717, 1.165) is 23.6 Å². The molecule has 0 spiro atoms. The Kier molecular flexibility index (Phi) is 3.75. The molecule has 4 heteroatoms. The Morgan fingerprint density at radius 3 is 2.53 bits per heavy atom. The number of aryl methyl sites for hydroxylation is 1. The predicted molar refractivity (Wildman–Crippen MR) is 76.0 cm³/mol. The molecule has 2 rings (SSSR count). The van der Waals surface area contributed by atoms with Gasteiger partial charge in [-0.15, -0.1) is 5.10 Å². The summed E-state index contributed by atoms with van der Waals surface area (Å²) in [6, 6.07) is 2.71. The molecule has 1 saturated heterocycles. The molecule has 1 aliphatic heterocycles. The summed E-state index contributed by atoms with van der Waals surface area (Å²) in [6.07, 6.45) is 1.23. The van der Waals surface area contributed by atoms with Gasteiger partial charge >= 0.3 is 0 Å². The molecule has 1 aromatic heterocycles. The van der Waals surface area contributed by atoms with E-state index in [4.69, 9.17) is 0 Å². The first-order valence-corrected chi connectivity index (χ1v) is 6.96. The van der Waals surface area contributed by atoms with Crippen LogP contribution in [0, 0.1) is 37.0 Å². The van der Waals surface area contributed by atoms with Gasteiger partial charge in [-0.25, -0.2) is 0 Å². The molecular weight excluding hydrogens is 236 g/mol. The van der Waals surface area contributed by atoms with Crippen LogP contribution >= 0.6 is 0 Å². The predicted octanol–water partition coefficient (Wildman–Crippen LogP) is 2.84. The van der Waals surface area contributed by atoms with E-state index in [1.165, 1.54) is 6.42 Å². The van der Waals surface area contributed by atoms with Crippen molar-refractivity contribution < 1.29 is 0 Å². The van der Waals surface area contributed by atoms with Gasteiger partial charge in [0.1, 0.15) is 11.6 Å². The number of aromatic nitrogens is 2. The quantitative estimate of drug-likeness (QED) is 0.777. The topological polar surface area (TPSA) is 52.8 Å². The van der Waals surface area contributed by atoms with Crippen molar-refractivity contribution in [3.63, 3.8) is 0 Å². The Morgan fingerprint density at radius 1 is 1.21 bits per heavy atom. The molecule has 0 radical (unpaired) electrons. The highest BCUT2D eigenvalue weighted by atomic mass is 15.3. The Balaban J connectivity index is 2.47. The van der Waals surface area contributed by atoms with Gasteiger partial charge in [0.15, 0.2) is 5.82 Å². The third-order valence-electron chi connectivity index (χ3n) is 4.42. The fraction of sp³-hybridized carbons (Fsp3) is 0.667. The van der Waals surface area contributed by atoms with Gasteiger partial charge in [0.25, 0.3) is 0 Å². The number of hydrogen-bond acceptors (Lipinski definition) is 4. The summed E-state index contributed by atoms with van der Waals surface area (Å²) < 4.78 is 0. The highest BCUT2D eigenvalue weighted by molar-refractivity contribution is 5.58. The van der Waals surface area contributed by atoms with Gasteiger partial charge in [-0.3, -0.25) is 0 Å². The van der Waals surface area contributed by atoms with Gasteiger partial charge < -0.3 is 4.90 Å². The lowest BCUT2D eigenvalue weighted by Crippen LogP contribution is -2.46. The van der Waals surface area contributed by atoms with Crippen LogP contribution < -0.4 is 4.90 Å². The van der Waals surface area contributed by atoms with E-state index in [0.29, 0.717) is 23.4 Å². The van der Waals surface area contributed by atoms with Crippen molar-refractivity contribution in [3.05, 3.63) is 16.8 Å². The molecule has 2 heterocycles. The van der Waals surface area contributed by atoms with E-state index in [2.05, 4.69) is 41.9 Å². The van der Waals surface area contributed by atoms with Gasteiger partial charge in [0, 0.05) is 12.6 Å². The molecule has 0 aliphatic carbocycles. The van der Waals surface area contributed by atoms with Crippen LogP contribution in [0.25, 0.3) is 0 Å². The number of nitriles is 1. The molecule has 3 unspecified atom stereocenters. The minimum Gasteiger partial charge on any atom is -0.351 e. The van der Waals surface area contributed by atoms with Crippen LogP contribution in [-0.2, 0) is 0 Å². The Morgan fingerprint density at radius 2 is 1.89 bits per heavy atom. The van der Waals surface area contributed by atoms with E-state index in [9.17, 15) is 5.26 Å². The highest BCUT2D eigenvalue weighted by Gasteiger charge is 2.31. The summed E-state index contributed by atoms with van der Waals surface area (Å²) in [5, 5.41) is 17.9. The van der Waals surface area contributed by atoms with E-state index in [1.54, 1.807) is 0 Å². The third-order valence-corrected chi connectivity index (χ3v) is 4.42. The molecule has 0 N–H and O–H groups in total. The SMILES string of the molecule is Cc1nnc(N2CC(C)CC(C)C2C)c(C#N)c1C. The summed E-state index contributed by atoms with van der Waals surface area (Å²) in [5.41, 5.74) is 2.47. The second-order valence-corrected chi connectivity index (χ2v) is 5.93. The van der Waals surface area contributed by atoms with E-state index < -0.39 is 0 Å². The van der Waals surface area contributed by atoms with Crippen LogP contribution in [-0.4, -0.2) is 22.8 Å². The number of nitrogens with zero attached hydrogens (tertiary/aromatic N) is 4. The lowest BCUT2D eigenvalue weighted by molar-refractivity contribution is 0.295. The van der Waals surface area contributed by atoms with Crippen LogP contribution in [0.4, 0.5) is 5.82 Å². The van der Waals surface area contributed by atoms with Crippen molar-refractivity contribution in [1.82, 2.24) is 10.2 Å². The van der Waals surface area contributed by atoms with Crippen LogP contribution in [0.5, 0.6) is 0 Å². The van der Waals surface area contributed by atoms with Crippen molar-refractivity contribution in [3.8, 4) is 6.07 Å². The van der Waals surface area contributed by atoms with Gasteiger partial charge in [-0.1, -0.05) is 13.8 Å². The Bertz CT molecular complexity index is 518. The standard InChI is InChI=1S/C15H22N4/c1-9-6-10(2)13(5)19(8-9)15-14(7-16)11(3)12(4)17-18-15/h9-10,13H,6,8H2,1-5H3. The molecule has 0 bridgehead atoms. The maximum atomic E-state index is 9.43. The summed E-state index contributed by atoms with van der Waals surface area (Å²) in [6.45, 7) is 11.6. The normalized spacial score (nSPS) is 27.2. The van der Waals surface area contributed by atoms with Crippen LogP contribution in [0.2, 0.25) is 0 Å². The maximum Gasteiger partial charge on any atom is 0.169 e. The number of anilines is 1. The zero-order chi connectivity index (χ0) is 14.2. The lowest BCUT2D eigenvalue weighted by Gasteiger charge is -2.42. The minimum absolute atomic E-state index is 0.403. The second kappa shape index (κ2) is 5.16. The molecule has 3 atom stereocenters. The summed E-state index contributed by atoms with van der Waals surface area (Å²) in [4.78, 5) is 2.26. The summed E-state index contributed by atoms with van der Waals surface area (Å²) in [7, 11) is 0. The first kappa shape index (κ1) is 13.8. The molecule has 0 saturated carbocycles. The smallest absolute Gasteiger partial charge is 0.169 e. The summed E-state index contributed by atoms with van der Waals surface area (Å²) >= 11 is 0. The van der Waals surface area contributed by atoms with Crippen molar-refractivity contribution in [2.75, 3.05) is 11.4 Å². The van der Waals surface area contributed by atoms with Crippen molar-refractivity contribution in [1.29, 1.82) is 5.26 Å². The largest absolute Gasteiger partial charge is 0.351 e. The second-order valence-electron chi connectivity index (χ2n) is 5.93. The third kappa shape index (κ3) is 2.42. The summed E-state index contributed by atoms with van der Waals surface area (Å²) in [5.74, 6) is 2.00. The zero-order valence-electron chi connectivity index (χ0n) is 12.4. The average molecular weight is 258 g/mol. The molecule has 1 aliphatic rings. The first-order valence-electron chi connectivity index (χ1n) is 6.96.